The molecule has 0 amide bonds. The third-order valence-electron chi connectivity index (χ3n) is 3.95. The highest BCUT2D eigenvalue weighted by Crippen LogP contribution is 2.29. The van der Waals surface area contributed by atoms with Gasteiger partial charge in [-0.2, -0.15) is 0 Å². The van der Waals surface area contributed by atoms with Crippen LogP contribution < -0.4 is 0 Å². The molecule has 0 radical (unpaired) electrons. The molecule has 0 aliphatic heterocycles. The minimum Gasteiger partial charge on any atom is -0.477 e. The zero-order chi connectivity index (χ0) is 18.8. The maximum Gasteiger partial charge on any atom is 0.342 e. The molecular formula is C20H14ClN3O2S. The highest BCUT2D eigenvalue weighted by atomic mass is 35.5. The molecule has 0 aliphatic rings. The molecule has 0 saturated heterocycles. The Morgan fingerprint density at radius 3 is 2.63 bits per heavy atom. The number of halogens is 1. The van der Waals surface area contributed by atoms with Gasteiger partial charge in [0, 0.05) is 22.6 Å². The number of carbonyl (C=O) groups is 1. The Morgan fingerprint density at radius 2 is 1.89 bits per heavy atom. The predicted octanol–water partition coefficient (Wildman–Crippen LogP) is 5.22. The molecule has 134 valence electrons. The number of imidazole rings is 1. The average molecular weight is 396 g/mol. The number of carboxylic acids is 1. The Labute approximate surface area is 164 Å². The van der Waals surface area contributed by atoms with Crippen LogP contribution in [0, 0.1) is 0 Å². The molecule has 5 nitrogen and oxygen atoms in total. The molecule has 0 aliphatic carbocycles. The van der Waals surface area contributed by atoms with Crippen LogP contribution in [0.5, 0.6) is 0 Å². The van der Waals surface area contributed by atoms with Crippen LogP contribution in [-0.4, -0.2) is 25.6 Å². The van der Waals surface area contributed by atoms with Gasteiger partial charge in [0.25, 0.3) is 0 Å². The minimum absolute atomic E-state index is 0.169. The van der Waals surface area contributed by atoms with E-state index in [1.54, 1.807) is 18.2 Å². The molecule has 2 heterocycles. The van der Waals surface area contributed by atoms with Crippen molar-refractivity contribution in [3.05, 3.63) is 82.5 Å². The van der Waals surface area contributed by atoms with Crippen molar-refractivity contribution in [2.45, 2.75) is 5.16 Å². The van der Waals surface area contributed by atoms with Crippen LogP contribution in [0.3, 0.4) is 0 Å². The number of H-pyrrole nitrogens is 1. The number of para-hydroxylation sites is 2. The summed E-state index contributed by atoms with van der Waals surface area (Å²) in [5.74, 6) is -1.01. The van der Waals surface area contributed by atoms with Crippen LogP contribution >= 0.6 is 23.4 Å². The van der Waals surface area contributed by atoms with Crippen LogP contribution in [0.25, 0.3) is 22.8 Å². The van der Waals surface area contributed by atoms with E-state index in [4.69, 9.17) is 11.6 Å². The Hall–Kier alpha value is -2.96. The zero-order valence-corrected chi connectivity index (χ0v) is 15.5. The number of aliphatic carboxylic acids is 1. The van der Waals surface area contributed by atoms with Crippen molar-refractivity contribution in [3.63, 3.8) is 0 Å². The summed E-state index contributed by atoms with van der Waals surface area (Å²) in [4.78, 5) is 19.5. The summed E-state index contributed by atoms with van der Waals surface area (Å²) >= 11 is 7.04. The number of rotatable bonds is 5. The molecule has 4 rings (SSSR count). The quantitative estimate of drug-likeness (QED) is 0.359. The fraction of sp³-hybridized carbons (Fsp3) is 0. The summed E-state index contributed by atoms with van der Waals surface area (Å²) in [5.41, 5.74) is 3.32. The molecule has 0 bridgehead atoms. The SMILES string of the molecule is O=C(O)/C(=C/c1cccn1-c1ccc(Cl)cc1)Sc1nc2ccccc2[nH]1. The lowest BCUT2D eigenvalue weighted by Crippen LogP contribution is -2.00. The molecule has 2 aromatic heterocycles. The number of hydrogen-bond acceptors (Lipinski definition) is 3. The number of aromatic nitrogens is 3. The van der Waals surface area contributed by atoms with Crippen molar-refractivity contribution in [2.24, 2.45) is 0 Å². The largest absolute Gasteiger partial charge is 0.477 e. The van der Waals surface area contributed by atoms with Crippen molar-refractivity contribution in [3.8, 4) is 5.69 Å². The van der Waals surface area contributed by atoms with Gasteiger partial charge in [-0.15, -0.1) is 0 Å². The van der Waals surface area contributed by atoms with Crippen LogP contribution in [0.1, 0.15) is 5.69 Å². The van der Waals surface area contributed by atoms with Crippen LogP contribution in [-0.2, 0) is 4.79 Å². The number of benzene rings is 2. The van der Waals surface area contributed by atoms with Crippen molar-refractivity contribution >= 4 is 46.4 Å². The highest BCUT2D eigenvalue weighted by molar-refractivity contribution is 8.04. The Morgan fingerprint density at radius 1 is 1.11 bits per heavy atom. The van der Waals surface area contributed by atoms with Crippen LogP contribution in [0.4, 0.5) is 0 Å². The standard InChI is InChI=1S/C20H14ClN3O2S/c21-13-7-9-14(10-8-13)24-11-3-4-15(24)12-18(19(25)26)27-20-22-16-5-1-2-6-17(16)23-20/h1-12H,(H,22,23)(H,25,26)/b18-12-. The van der Waals surface area contributed by atoms with Gasteiger partial charge in [0.2, 0.25) is 0 Å². The van der Waals surface area contributed by atoms with Gasteiger partial charge in [0.15, 0.2) is 5.16 Å². The monoisotopic (exact) mass is 395 g/mol. The van der Waals surface area contributed by atoms with Gasteiger partial charge in [-0.05, 0) is 66.4 Å². The van der Waals surface area contributed by atoms with E-state index in [0.29, 0.717) is 10.2 Å². The molecule has 0 spiro atoms. The Balaban J connectivity index is 1.68. The van der Waals surface area contributed by atoms with E-state index in [1.807, 2.05) is 59.3 Å². The van der Waals surface area contributed by atoms with Gasteiger partial charge in [-0.25, -0.2) is 9.78 Å². The fourth-order valence-corrected chi connectivity index (χ4v) is 3.61. The first-order valence-electron chi connectivity index (χ1n) is 8.11. The van der Waals surface area contributed by atoms with E-state index >= 15 is 0 Å². The van der Waals surface area contributed by atoms with Gasteiger partial charge in [0.05, 0.1) is 11.0 Å². The van der Waals surface area contributed by atoms with E-state index in [-0.39, 0.29) is 4.91 Å². The van der Waals surface area contributed by atoms with E-state index in [1.165, 1.54) is 0 Å². The first-order valence-corrected chi connectivity index (χ1v) is 9.30. The third-order valence-corrected chi connectivity index (χ3v) is 5.10. The smallest absolute Gasteiger partial charge is 0.342 e. The van der Waals surface area contributed by atoms with Crippen LogP contribution in [0.2, 0.25) is 5.02 Å². The van der Waals surface area contributed by atoms with Crippen LogP contribution in [0.15, 0.2) is 76.9 Å². The topological polar surface area (TPSA) is 70.9 Å². The van der Waals surface area contributed by atoms with Crippen molar-refractivity contribution in [1.82, 2.24) is 14.5 Å². The van der Waals surface area contributed by atoms with Crippen molar-refractivity contribution < 1.29 is 9.90 Å². The molecule has 0 fully saturated rings. The number of carboxylic acid groups (broad SMARTS) is 1. The normalized spacial score (nSPS) is 11.8. The lowest BCUT2D eigenvalue weighted by atomic mass is 10.3. The maximum absolute atomic E-state index is 11.8. The first-order chi connectivity index (χ1) is 13.1. The number of nitrogens with zero attached hydrogens (tertiary/aromatic N) is 2. The summed E-state index contributed by atoms with van der Waals surface area (Å²) in [6.07, 6.45) is 3.51. The zero-order valence-electron chi connectivity index (χ0n) is 14.0. The second-order valence-electron chi connectivity index (χ2n) is 5.75. The number of aromatic amines is 1. The molecular weight excluding hydrogens is 382 g/mol. The third kappa shape index (κ3) is 3.77. The molecule has 27 heavy (non-hydrogen) atoms. The van der Waals surface area contributed by atoms with E-state index in [0.717, 1.165) is 34.2 Å². The van der Waals surface area contributed by atoms with Gasteiger partial charge in [0.1, 0.15) is 4.91 Å². The molecule has 4 aromatic rings. The van der Waals surface area contributed by atoms with Gasteiger partial charge < -0.3 is 14.7 Å². The maximum atomic E-state index is 11.8. The number of fused-ring (bicyclic) bond motifs is 1. The molecule has 0 unspecified atom stereocenters. The predicted molar refractivity (Wildman–Crippen MR) is 108 cm³/mol. The number of thioether (sulfide) groups is 1. The molecule has 2 N–H and O–H groups in total. The second-order valence-corrected chi connectivity index (χ2v) is 7.22. The van der Waals surface area contributed by atoms with Crippen molar-refractivity contribution in [2.75, 3.05) is 0 Å². The molecule has 2 aromatic carbocycles. The summed E-state index contributed by atoms with van der Waals surface area (Å²) < 4.78 is 1.90. The Bertz CT molecular complexity index is 1110. The number of nitrogens with one attached hydrogen (secondary N) is 1. The molecule has 0 saturated carbocycles. The van der Waals surface area contributed by atoms with Gasteiger partial charge in [-0.3, -0.25) is 0 Å². The lowest BCUT2D eigenvalue weighted by molar-refractivity contribution is -0.131. The van der Waals surface area contributed by atoms with E-state index in [9.17, 15) is 9.90 Å². The fourth-order valence-electron chi connectivity index (χ4n) is 2.70. The summed E-state index contributed by atoms with van der Waals surface area (Å²) in [5, 5.41) is 10.8. The van der Waals surface area contributed by atoms with Crippen molar-refractivity contribution in [1.29, 1.82) is 0 Å². The van der Waals surface area contributed by atoms with Gasteiger partial charge in [-0.1, -0.05) is 23.7 Å². The second kappa shape index (κ2) is 7.34. The van der Waals surface area contributed by atoms with E-state index < -0.39 is 5.97 Å². The molecule has 0 atom stereocenters. The number of hydrogen-bond donors (Lipinski definition) is 2. The summed E-state index contributed by atoms with van der Waals surface area (Å²) in [6, 6.07) is 18.7. The summed E-state index contributed by atoms with van der Waals surface area (Å²) in [7, 11) is 0. The average Bonchev–Trinajstić information content (AvgIpc) is 3.28. The molecule has 7 heteroatoms. The highest BCUT2D eigenvalue weighted by Gasteiger charge is 2.14. The minimum atomic E-state index is -1.01. The van der Waals surface area contributed by atoms with E-state index in [2.05, 4.69) is 9.97 Å². The summed E-state index contributed by atoms with van der Waals surface area (Å²) in [6.45, 7) is 0. The Kier molecular flexibility index (Phi) is 4.75. The lowest BCUT2D eigenvalue weighted by Gasteiger charge is -2.07. The van der Waals surface area contributed by atoms with Gasteiger partial charge >= 0.3 is 5.97 Å². The first kappa shape index (κ1) is 17.5.